The number of nitrogens with one attached hydrogen (secondary N) is 2. The highest BCUT2D eigenvalue weighted by Gasteiger charge is 2.08. The Morgan fingerprint density at radius 2 is 1.89 bits per heavy atom. The highest BCUT2D eigenvalue weighted by Crippen LogP contribution is 2.11. The maximum Gasteiger partial charge on any atom is 0.274 e. The zero-order valence-corrected chi connectivity index (χ0v) is 11.1. The Kier molecular flexibility index (Phi) is 4.13. The lowest BCUT2D eigenvalue weighted by molar-refractivity contribution is 0.102. The van der Waals surface area contributed by atoms with E-state index < -0.39 is 0 Å². The van der Waals surface area contributed by atoms with E-state index in [-0.39, 0.29) is 5.91 Å². The molecule has 98 valence electrons. The molecule has 0 spiro atoms. The molecule has 0 aliphatic heterocycles. The number of amides is 1. The molecule has 19 heavy (non-hydrogen) atoms. The molecule has 2 aromatic rings. The molecular formula is C15H17N3O. The first kappa shape index (κ1) is 13.1. The van der Waals surface area contributed by atoms with Crippen LogP contribution in [-0.2, 0) is 0 Å². The molecule has 1 aromatic carbocycles. The van der Waals surface area contributed by atoms with Gasteiger partial charge in [-0.25, -0.2) is 4.98 Å². The third kappa shape index (κ3) is 3.55. The fraction of sp³-hybridized carbons (Fsp3) is 0.200. The van der Waals surface area contributed by atoms with Crippen molar-refractivity contribution in [2.75, 3.05) is 17.2 Å². The molecule has 2 rings (SSSR count). The Hall–Kier alpha value is -2.36. The summed E-state index contributed by atoms with van der Waals surface area (Å²) in [5.74, 6) is 0.502. The summed E-state index contributed by atoms with van der Waals surface area (Å²) in [6, 6.07) is 13.0. The Labute approximate surface area is 112 Å². The molecule has 0 fully saturated rings. The van der Waals surface area contributed by atoms with Crippen molar-refractivity contribution < 1.29 is 4.79 Å². The molecule has 0 saturated heterocycles. The number of aryl methyl sites for hydroxylation is 1. The average molecular weight is 255 g/mol. The zero-order chi connectivity index (χ0) is 13.7. The van der Waals surface area contributed by atoms with Gasteiger partial charge in [0.15, 0.2) is 0 Å². The predicted molar refractivity (Wildman–Crippen MR) is 77.5 cm³/mol. The number of carbonyl (C=O) groups is 1. The second-order valence-corrected chi connectivity index (χ2v) is 4.26. The minimum Gasteiger partial charge on any atom is -0.370 e. The summed E-state index contributed by atoms with van der Waals surface area (Å²) in [7, 11) is 0. The molecule has 1 amide bonds. The molecule has 0 atom stereocenters. The van der Waals surface area contributed by atoms with E-state index in [0.717, 1.165) is 17.8 Å². The molecule has 0 radical (unpaired) electrons. The van der Waals surface area contributed by atoms with Crippen molar-refractivity contribution in [2.45, 2.75) is 13.8 Å². The summed E-state index contributed by atoms with van der Waals surface area (Å²) in [5, 5.41) is 5.91. The Morgan fingerprint density at radius 1 is 1.16 bits per heavy atom. The first-order valence-corrected chi connectivity index (χ1v) is 6.28. The summed E-state index contributed by atoms with van der Waals surface area (Å²) >= 11 is 0. The van der Waals surface area contributed by atoms with Gasteiger partial charge in [0, 0.05) is 12.2 Å². The lowest BCUT2D eigenvalue weighted by atomic mass is 10.2. The fourth-order valence-electron chi connectivity index (χ4n) is 1.67. The van der Waals surface area contributed by atoms with Gasteiger partial charge >= 0.3 is 0 Å². The van der Waals surface area contributed by atoms with Gasteiger partial charge in [-0.1, -0.05) is 23.8 Å². The maximum absolute atomic E-state index is 12.1. The van der Waals surface area contributed by atoms with Crippen LogP contribution in [0.5, 0.6) is 0 Å². The number of nitrogens with zero attached hydrogens (tertiary/aromatic N) is 1. The van der Waals surface area contributed by atoms with E-state index >= 15 is 0 Å². The van der Waals surface area contributed by atoms with Crippen LogP contribution in [0.1, 0.15) is 23.0 Å². The van der Waals surface area contributed by atoms with E-state index in [1.165, 1.54) is 0 Å². The van der Waals surface area contributed by atoms with Crippen molar-refractivity contribution in [3.63, 3.8) is 0 Å². The summed E-state index contributed by atoms with van der Waals surface area (Å²) in [6.07, 6.45) is 0. The molecule has 1 aromatic heterocycles. The van der Waals surface area contributed by atoms with Crippen LogP contribution in [0.4, 0.5) is 11.5 Å². The van der Waals surface area contributed by atoms with Crippen LogP contribution < -0.4 is 10.6 Å². The highest BCUT2D eigenvalue weighted by atomic mass is 16.1. The highest BCUT2D eigenvalue weighted by molar-refractivity contribution is 6.03. The molecule has 0 aliphatic carbocycles. The Balaban J connectivity index is 2.11. The van der Waals surface area contributed by atoms with E-state index in [1.807, 2.05) is 50.2 Å². The van der Waals surface area contributed by atoms with Crippen molar-refractivity contribution >= 4 is 17.4 Å². The first-order chi connectivity index (χ1) is 9.19. The van der Waals surface area contributed by atoms with Gasteiger partial charge in [0.25, 0.3) is 5.91 Å². The lowest BCUT2D eigenvalue weighted by Gasteiger charge is -2.07. The van der Waals surface area contributed by atoms with Crippen molar-refractivity contribution in [1.82, 2.24) is 4.98 Å². The van der Waals surface area contributed by atoms with E-state index in [9.17, 15) is 4.79 Å². The Morgan fingerprint density at radius 3 is 2.58 bits per heavy atom. The van der Waals surface area contributed by atoms with Gasteiger partial charge in [0.1, 0.15) is 11.5 Å². The van der Waals surface area contributed by atoms with Gasteiger partial charge in [0.05, 0.1) is 0 Å². The normalized spacial score (nSPS) is 10.0. The van der Waals surface area contributed by atoms with Crippen molar-refractivity contribution in [3.8, 4) is 0 Å². The second kappa shape index (κ2) is 6.00. The summed E-state index contributed by atoms with van der Waals surface area (Å²) in [6.45, 7) is 4.77. The minimum atomic E-state index is -0.205. The third-order valence-electron chi connectivity index (χ3n) is 2.65. The topological polar surface area (TPSA) is 54.0 Å². The number of rotatable bonds is 4. The smallest absolute Gasteiger partial charge is 0.274 e. The van der Waals surface area contributed by atoms with Gasteiger partial charge in [-0.05, 0) is 38.1 Å². The first-order valence-electron chi connectivity index (χ1n) is 6.28. The van der Waals surface area contributed by atoms with Crippen LogP contribution >= 0.6 is 0 Å². The van der Waals surface area contributed by atoms with E-state index in [4.69, 9.17) is 0 Å². The number of hydrogen-bond donors (Lipinski definition) is 2. The van der Waals surface area contributed by atoms with Crippen molar-refractivity contribution in [3.05, 3.63) is 53.7 Å². The van der Waals surface area contributed by atoms with Crippen LogP contribution in [0.2, 0.25) is 0 Å². The number of aromatic nitrogens is 1. The van der Waals surface area contributed by atoms with E-state index in [2.05, 4.69) is 15.6 Å². The molecule has 4 heteroatoms. The molecule has 0 bridgehead atoms. The van der Waals surface area contributed by atoms with Crippen molar-refractivity contribution in [1.29, 1.82) is 0 Å². The number of hydrogen-bond acceptors (Lipinski definition) is 3. The predicted octanol–water partition coefficient (Wildman–Crippen LogP) is 3.07. The van der Waals surface area contributed by atoms with Crippen LogP contribution in [0, 0.1) is 6.92 Å². The summed E-state index contributed by atoms with van der Waals surface area (Å²) in [5.41, 5.74) is 2.33. The zero-order valence-electron chi connectivity index (χ0n) is 11.1. The summed E-state index contributed by atoms with van der Waals surface area (Å²) < 4.78 is 0. The van der Waals surface area contributed by atoms with Crippen LogP contribution in [0.15, 0.2) is 42.5 Å². The molecular weight excluding hydrogens is 238 g/mol. The quantitative estimate of drug-likeness (QED) is 0.882. The molecule has 1 heterocycles. The number of anilines is 2. The average Bonchev–Trinajstić information content (AvgIpc) is 2.42. The van der Waals surface area contributed by atoms with Crippen molar-refractivity contribution in [2.24, 2.45) is 0 Å². The minimum absolute atomic E-state index is 0.205. The van der Waals surface area contributed by atoms with Crippen LogP contribution in [0.25, 0.3) is 0 Å². The second-order valence-electron chi connectivity index (χ2n) is 4.26. The van der Waals surface area contributed by atoms with E-state index in [1.54, 1.807) is 6.07 Å². The fourth-order valence-corrected chi connectivity index (χ4v) is 1.67. The van der Waals surface area contributed by atoms with Gasteiger partial charge in [-0.2, -0.15) is 0 Å². The number of pyridine rings is 1. The van der Waals surface area contributed by atoms with Crippen LogP contribution in [-0.4, -0.2) is 17.4 Å². The maximum atomic E-state index is 12.1. The Bertz CT molecular complexity index is 564. The molecule has 4 nitrogen and oxygen atoms in total. The van der Waals surface area contributed by atoms with Gasteiger partial charge in [-0.3, -0.25) is 4.79 Å². The molecule has 0 unspecified atom stereocenters. The SMILES string of the molecule is CCNc1cccc(C(=O)Nc2ccc(C)cc2)n1. The monoisotopic (exact) mass is 255 g/mol. The molecule has 2 N–H and O–H groups in total. The third-order valence-corrected chi connectivity index (χ3v) is 2.65. The van der Waals surface area contributed by atoms with Gasteiger partial charge in [0.2, 0.25) is 0 Å². The standard InChI is InChI=1S/C15H17N3O/c1-3-16-14-6-4-5-13(18-14)15(19)17-12-9-7-11(2)8-10-12/h4-10H,3H2,1-2H3,(H,16,18)(H,17,19). The summed E-state index contributed by atoms with van der Waals surface area (Å²) in [4.78, 5) is 16.3. The number of benzene rings is 1. The lowest BCUT2D eigenvalue weighted by Crippen LogP contribution is -2.14. The molecule has 0 saturated carbocycles. The van der Waals surface area contributed by atoms with Crippen LogP contribution in [0.3, 0.4) is 0 Å². The van der Waals surface area contributed by atoms with Gasteiger partial charge in [-0.15, -0.1) is 0 Å². The number of carbonyl (C=O) groups excluding carboxylic acids is 1. The molecule has 0 aliphatic rings. The largest absolute Gasteiger partial charge is 0.370 e. The van der Waals surface area contributed by atoms with E-state index in [0.29, 0.717) is 11.5 Å². The van der Waals surface area contributed by atoms with Gasteiger partial charge < -0.3 is 10.6 Å².